The number of nitro groups is 1. The van der Waals surface area contributed by atoms with Crippen molar-refractivity contribution in [2.75, 3.05) is 26.2 Å². The molecule has 0 unspecified atom stereocenters. The summed E-state index contributed by atoms with van der Waals surface area (Å²) >= 11 is 12.1. The van der Waals surface area contributed by atoms with E-state index < -0.39 is 4.92 Å². The van der Waals surface area contributed by atoms with Gasteiger partial charge in [-0.1, -0.05) is 29.3 Å². The molecule has 8 nitrogen and oxygen atoms in total. The minimum atomic E-state index is -0.471. The number of nitrogens with zero attached hydrogens (tertiary/aromatic N) is 3. The number of piperazine rings is 1. The average molecular weight is 490 g/mol. The Labute approximate surface area is 200 Å². The topological polar surface area (TPSA) is 89.1 Å². The number of benzene rings is 2. The maximum Gasteiger partial charge on any atom is 0.289 e. The molecule has 4 rings (SSSR count). The van der Waals surface area contributed by atoms with Crippen LogP contribution in [-0.4, -0.2) is 46.8 Å². The summed E-state index contributed by atoms with van der Waals surface area (Å²) in [5.41, 5.74) is 1.07. The van der Waals surface area contributed by atoms with Gasteiger partial charge >= 0.3 is 0 Å². The van der Waals surface area contributed by atoms with Crippen molar-refractivity contribution in [1.82, 2.24) is 9.80 Å². The molecule has 0 bridgehead atoms. The summed E-state index contributed by atoms with van der Waals surface area (Å²) < 4.78 is 11.3. The zero-order chi connectivity index (χ0) is 23.4. The van der Waals surface area contributed by atoms with Gasteiger partial charge < -0.3 is 14.1 Å². The Morgan fingerprint density at radius 1 is 1.00 bits per heavy atom. The number of rotatable bonds is 7. The molecule has 2 heterocycles. The van der Waals surface area contributed by atoms with E-state index in [4.69, 9.17) is 32.4 Å². The van der Waals surface area contributed by atoms with Crippen LogP contribution in [0.4, 0.5) is 5.69 Å². The van der Waals surface area contributed by atoms with Gasteiger partial charge in [0.2, 0.25) is 0 Å². The van der Waals surface area contributed by atoms with Crippen LogP contribution >= 0.6 is 23.2 Å². The first-order valence-corrected chi connectivity index (χ1v) is 11.1. The van der Waals surface area contributed by atoms with Crippen molar-refractivity contribution in [2.24, 2.45) is 0 Å². The number of nitro benzene ring substituents is 1. The number of hydrogen-bond acceptors (Lipinski definition) is 6. The smallest absolute Gasteiger partial charge is 0.289 e. The number of amides is 1. The van der Waals surface area contributed by atoms with Gasteiger partial charge in [0.05, 0.1) is 15.0 Å². The lowest BCUT2D eigenvalue weighted by Crippen LogP contribution is -2.48. The Morgan fingerprint density at radius 3 is 2.39 bits per heavy atom. The highest BCUT2D eigenvalue weighted by molar-refractivity contribution is 6.42. The normalized spacial score (nSPS) is 14.3. The van der Waals surface area contributed by atoms with Crippen LogP contribution < -0.4 is 4.74 Å². The highest BCUT2D eigenvalue weighted by atomic mass is 35.5. The Morgan fingerprint density at radius 2 is 1.73 bits per heavy atom. The van der Waals surface area contributed by atoms with E-state index in [1.165, 1.54) is 24.3 Å². The Hall–Kier alpha value is -3.07. The molecular weight excluding hydrogens is 469 g/mol. The molecule has 1 amide bonds. The number of furan rings is 1. The average Bonchev–Trinajstić information content (AvgIpc) is 3.29. The summed E-state index contributed by atoms with van der Waals surface area (Å²) in [4.78, 5) is 27.1. The molecule has 0 saturated carbocycles. The third kappa shape index (κ3) is 5.84. The number of carbonyl (C=O) groups excluding carboxylic acids is 1. The van der Waals surface area contributed by atoms with E-state index in [0.717, 1.165) is 25.2 Å². The van der Waals surface area contributed by atoms with E-state index in [9.17, 15) is 14.9 Å². The summed E-state index contributed by atoms with van der Waals surface area (Å²) in [6, 6.07) is 14.7. The number of carbonyl (C=O) groups is 1. The highest BCUT2D eigenvalue weighted by Gasteiger charge is 2.24. The van der Waals surface area contributed by atoms with Gasteiger partial charge in [0.15, 0.2) is 5.76 Å². The van der Waals surface area contributed by atoms with Crippen molar-refractivity contribution in [3.05, 3.63) is 91.8 Å². The second kappa shape index (κ2) is 10.2. The van der Waals surface area contributed by atoms with E-state index in [1.54, 1.807) is 23.1 Å². The molecule has 1 aromatic heterocycles. The molecule has 3 aromatic rings. The van der Waals surface area contributed by atoms with Crippen molar-refractivity contribution in [3.8, 4) is 5.75 Å². The fourth-order valence-corrected chi connectivity index (χ4v) is 3.87. The van der Waals surface area contributed by atoms with Crippen LogP contribution in [-0.2, 0) is 13.2 Å². The van der Waals surface area contributed by atoms with Crippen LogP contribution in [0.15, 0.2) is 59.0 Å². The van der Waals surface area contributed by atoms with Crippen molar-refractivity contribution in [1.29, 1.82) is 0 Å². The standard InChI is InChI=1S/C23H21Cl2N3O5/c24-20-7-1-16(13-21(20)25)14-26-9-11-27(12-10-26)23(29)22-8-6-19(33-22)15-32-18-4-2-17(3-5-18)28(30)31/h1-8,13H,9-12,14-15H2. The van der Waals surface area contributed by atoms with E-state index in [1.807, 2.05) is 12.1 Å². The lowest BCUT2D eigenvalue weighted by Gasteiger charge is -2.34. The fraction of sp³-hybridized carbons (Fsp3) is 0.261. The molecule has 33 heavy (non-hydrogen) atoms. The summed E-state index contributed by atoms with van der Waals surface area (Å²) in [5.74, 6) is 1.07. The van der Waals surface area contributed by atoms with Gasteiger partial charge in [-0.05, 0) is 42.0 Å². The third-order valence-corrected chi connectivity index (χ3v) is 6.09. The first kappa shape index (κ1) is 23.1. The van der Waals surface area contributed by atoms with Crippen molar-refractivity contribution >= 4 is 34.8 Å². The predicted molar refractivity (Wildman–Crippen MR) is 124 cm³/mol. The zero-order valence-electron chi connectivity index (χ0n) is 17.6. The lowest BCUT2D eigenvalue weighted by molar-refractivity contribution is -0.384. The number of halogens is 2. The maximum absolute atomic E-state index is 12.8. The number of hydrogen-bond donors (Lipinski definition) is 0. The monoisotopic (exact) mass is 489 g/mol. The molecular formula is C23H21Cl2N3O5. The molecule has 2 aromatic carbocycles. The van der Waals surface area contributed by atoms with Gasteiger partial charge in [-0.3, -0.25) is 19.8 Å². The molecule has 10 heteroatoms. The van der Waals surface area contributed by atoms with Crippen LogP contribution in [0, 0.1) is 10.1 Å². The fourth-order valence-electron chi connectivity index (χ4n) is 3.55. The molecule has 1 aliphatic heterocycles. The number of non-ortho nitro benzene ring substituents is 1. The summed E-state index contributed by atoms with van der Waals surface area (Å²) in [6.07, 6.45) is 0. The van der Waals surface area contributed by atoms with E-state index in [0.29, 0.717) is 34.6 Å². The second-order valence-corrected chi connectivity index (χ2v) is 8.44. The Kier molecular flexibility index (Phi) is 7.17. The predicted octanol–water partition coefficient (Wildman–Crippen LogP) is 5.03. The molecule has 0 N–H and O–H groups in total. The first-order chi connectivity index (χ1) is 15.9. The van der Waals surface area contributed by atoms with Crippen molar-refractivity contribution in [3.63, 3.8) is 0 Å². The molecule has 0 radical (unpaired) electrons. The van der Waals surface area contributed by atoms with Gasteiger partial charge in [-0.15, -0.1) is 0 Å². The zero-order valence-corrected chi connectivity index (χ0v) is 19.1. The van der Waals surface area contributed by atoms with Crippen LogP contribution in [0.25, 0.3) is 0 Å². The van der Waals surface area contributed by atoms with Gasteiger partial charge in [-0.25, -0.2) is 0 Å². The summed E-state index contributed by atoms with van der Waals surface area (Å²) in [6.45, 7) is 3.52. The lowest BCUT2D eigenvalue weighted by atomic mass is 10.2. The Balaban J connectivity index is 1.27. The van der Waals surface area contributed by atoms with Crippen LogP contribution in [0.1, 0.15) is 21.9 Å². The van der Waals surface area contributed by atoms with Crippen molar-refractivity contribution < 1.29 is 18.9 Å². The van der Waals surface area contributed by atoms with Gasteiger partial charge in [0, 0.05) is 44.9 Å². The minimum absolute atomic E-state index is 0.00899. The van der Waals surface area contributed by atoms with Crippen molar-refractivity contribution in [2.45, 2.75) is 13.2 Å². The van der Waals surface area contributed by atoms with Crippen LogP contribution in [0.5, 0.6) is 5.75 Å². The maximum atomic E-state index is 12.8. The van der Waals surface area contributed by atoms with Gasteiger partial charge in [0.1, 0.15) is 18.1 Å². The second-order valence-electron chi connectivity index (χ2n) is 7.62. The van der Waals surface area contributed by atoms with Gasteiger partial charge in [-0.2, -0.15) is 0 Å². The largest absolute Gasteiger partial charge is 0.486 e. The first-order valence-electron chi connectivity index (χ1n) is 10.3. The molecule has 0 spiro atoms. The van der Waals surface area contributed by atoms with Gasteiger partial charge in [0.25, 0.3) is 11.6 Å². The van der Waals surface area contributed by atoms with E-state index in [2.05, 4.69) is 4.90 Å². The highest BCUT2D eigenvalue weighted by Crippen LogP contribution is 2.24. The molecule has 1 aliphatic rings. The molecule has 0 aliphatic carbocycles. The van der Waals surface area contributed by atoms with Crippen LogP contribution in [0.2, 0.25) is 10.0 Å². The summed E-state index contributed by atoms with van der Waals surface area (Å²) in [5, 5.41) is 11.8. The van der Waals surface area contributed by atoms with E-state index >= 15 is 0 Å². The number of ether oxygens (including phenoxy) is 1. The SMILES string of the molecule is O=C(c1ccc(COc2ccc([N+](=O)[O-])cc2)o1)N1CCN(Cc2ccc(Cl)c(Cl)c2)CC1. The quantitative estimate of drug-likeness (QED) is 0.341. The Bertz CT molecular complexity index is 1140. The summed E-state index contributed by atoms with van der Waals surface area (Å²) in [7, 11) is 0. The molecule has 0 atom stereocenters. The molecule has 1 fully saturated rings. The van der Waals surface area contributed by atoms with E-state index in [-0.39, 0.29) is 24.0 Å². The molecule has 172 valence electrons. The molecule has 1 saturated heterocycles. The minimum Gasteiger partial charge on any atom is -0.486 e. The van der Waals surface area contributed by atoms with Crippen LogP contribution in [0.3, 0.4) is 0 Å². The third-order valence-electron chi connectivity index (χ3n) is 5.35.